The molecule has 5 heteroatoms. The van der Waals surface area contributed by atoms with Gasteiger partial charge in [0.05, 0.1) is 17.3 Å². The summed E-state index contributed by atoms with van der Waals surface area (Å²) < 4.78 is 23.6. The summed E-state index contributed by atoms with van der Waals surface area (Å²) in [6.07, 6.45) is 1.55. The van der Waals surface area contributed by atoms with Gasteiger partial charge < -0.3 is 10.6 Å². The third kappa shape index (κ3) is 1.92. The highest BCUT2D eigenvalue weighted by Gasteiger charge is 2.23. The predicted molar refractivity (Wildman–Crippen MR) is 64.3 cm³/mol. The van der Waals surface area contributed by atoms with Crippen LogP contribution >= 0.6 is 0 Å². The SMILES string of the molecule is CN(CN)c1ccc2c(c1)CCCS2(=O)=O. The summed E-state index contributed by atoms with van der Waals surface area (Å²) in [5, 5.41) is 0. The number of aryl methyl sites for hydroxylation is 1. The summed E-state index contributed by atoms with van der Waals surface area (Å²) in [6, 6.07) is 5.44. The molecule has 0 unspecified atom stereocenters. The molecule has 2 N–H and O–H groups in total. The molecule has 0 aliphatic carbocycles. The highest BCUT2D eigenvalue weighted by molar-refractivity contribution is 7.91. The Kier molecular flexibility index (Phi) is 2.90. The third-order valence-corrected chi connectivity index (χ3v) is 4.85. The lowest BCUT2D eigenvalue weighted by Gasteiger charge is -2.21. The van der Waals surface area contributed by atoms with Crippen LogP contribution in [0.15, 0.2) is 23.1 Å². The van der Waals surface area contributed by atoms with Crippen LogP contribution in [-0.2, 0) is 16.3 Å². The largest absolute Gasteiger partial charge is 0.362 e. The average Bonchev–Trinajstić information content (AvgIpc) is 2.27. The number of rotatable bonds is 2. The van der Waals surface area contributed by atoms with Crippen LogP contribution < -0.4 is 10.6 Å². The number of sulfone groups is 1. The molecule has 0 aromatic heterocycles. The van der Waals surface area contributed by atoms with E-state index < -0.39 is 9.84 Å². The molecular formula is C11H16N2O2S. The van der Waals surface area contributed by atoms with Crippen molar-refractivity contribution in [1.29, 1.82) is 0 Å². The van der Waals surface area contributed by atoms with Crippen LogP contribution in [0.1, 0.15) is 12.0 Å². The zero-order valence-corrected chi connectivity index (χ0v) is 10.1. The van der Waals surface area contributed by atoms with Crippen LogP contribution in [0.3, 0.4) is 0 Å². The van der Waals surface area contributed by atoms with Gasteiger partial charge in [-0.2, -0.15) is 0 Å². The molecular weight excluding hydrogens is 224 g/mol. The van der Waals surface area contributed by atoms with Crippen LogP contribution in [-0.4, -0.2) is 27.9 Å². The van der Waals surface area contributed by atoms with E-state index in [1.807, 2.05) is 24.1 Å². The fourth-order valence-corrected chi connectivity index (χ4v) is 3.55. The second-order valence-electron chi connectivity index (χ2n) is 4.09. The maximum atomic E-state index is 11.8. The minimum absolute atomic E-state index is 0.270. The molecule has 88 valence electrons. The zero-order valence-electron chi connectivity index (χ0n) is 9.31. The van der Waals surface area contributed by atoms with Gasteiger partial charge in [0, 0.05) is 12.7 Å². The number of hydrogen-bond donors (Lipinski definition) is 1. The Morgan fingerprint density at radius 2 is 2.19 bits per heavy atom. The second-order valence-corrected chi connectivity index (χ2v) is 6.17. The van der Waals surface area contributed by atoms with Crippen molar-refractivity contribution in [3.63, 3.8) is 0 Å². The van der Waals surface area contributed by atoms with E-state index in [9.17, 15) is 8.42 Å². The van der Waals surface area contributed by atoms with E-state index in [-0.39, 0.29) is 5.75 Å². The van der Waals surface area contributed by atoms with Gasteiger partial charge in [-0.3, -0.25) is 0 Å². The molecule has 0 bridgehead atoms. The molecule has 2 rings (SSSR count). The van der Waals surface area contributed by atoms with Gasteiger partial charge in [0.25, 0.3) is 0 Å². The molecule has 1 aromatic rings. The van der Waals surface area contributed by atoms with Crippen molar-refractivity contribution in [3.8, 4) is 0 Å². The number of hydrogen-bond acceptors (Lipinski definition) is 4. The van der Waals surface area contributed by atoms with Crippen LogP contribution in [0.25, 0.3) is 0 Å². The van der Waals surface area contributed by atoms with Crippen LogP contribution in [0.2, 0.25) is 0 Å². The monoisotopic (exact) mass is 240 g/mol. The minimum Gasteiger partial charge on any atom is -0.362 e. The molecule has 1 aromatic carbocycles. The average molecular weight is 240 g/mol. The first-order chi connectivity index (χ1) is 7.54. The Morgan fingerprint density at radius 1 is 1.44 bits per heavy atom. The second kappa shape index (κ2) is 4.07. The van der Waals surface area contributed by atoms with Gasteiger partial charge in [-0.05, 0) is 36.6 Å². The van der Waals surface area contributed by atoms with Crippen LogP contribution in [0, 0.1) is 0 Å². The maximum Gasteiger partial charge on any atom is 0.178 e. The molecule has 0 amide bonds. The standard InChI is InChI=1S/C11H16N2O2S/c1-13(8-12)10-4-5-11-9(7-10)3-2-6-16(11,14)15/h4-5,7H,2-3,6,8,12H2,1H3. The maximum absolute atomic E-state index is 11.8. The highest BCUT2D eigenvalue weighted by Crippen LogP contribution is 2.28. The van der Waals surface area contributed by atoms with Gasteiger partial charge in [0.1, 0.15) is 0 Å². The molecule has 1 aliphatic heterocycles. The van der Waals surface area contributed by atoms with Gasteiger partial charge in [-0.15, -0.1) is 0 Å². The van der Waals surface area contributed by atoms with Gasteiger partial charge >= 0.3 is 0 Å². The molecule has 0 saturated carbocycles. The van der Waals surface area contributed by atoms with Gasteiger partial charge in [-0.1, -0.05) is 0 Å². The lowest BCUT2D eigenvalue weighted by Crippen LogP contribution is -2.25. The molecule has 1 heterocycles. The molecule has 0 saturated heterocycles. The number of fused-ring (bicyclic) bond motifs is 1. The van der Waals surface area contributed by atoms with E-state index in [0.29, 0.717) is 18.0 Å². The molecule has 0 spiro atoms. The fraction of sp³-hybridized carbons (Fsp3) is 0.455. The van der Waals surface area contributed by atoms with Crippen molar-refractivity contribution in [1.82, 2.24) is 0 Å². The van der Waals surface area contributed by atoms with E-state index >= 15 is 0 Å². The van der Waals surface area contributed by atoms with E-state index in [0.717, 1.165) is 17.7 Å². The van der Waals surface area contributed by atoms with E-state index in [4.69, 9.17) is 5.73 Å². The van der Waals surface area contributed by atoms with Crippen molar-refractivity contribution >= 4 is 15.5 Å². The summed E-state index contributed by atoms with van der Waals surface area (Å²) in [5.74, 6) is 0.270. The first-order valence-corrected chi connectivity index (χ1v) is 6.97. The Hall–Kier alpha value is -1.07. The first-order valence-electron chi connectivity index (χ1n) is 5.31. The van der Waals surface area contributed by atoms with E-state index in [2.05, 4.69) is 0 Å². The molecule has 0 atom stereocenters. The summed E-state index contributed by atoms with van der Waals surface area (Å²) in [4.78, 5) is 2.38. The molecule has 0 fully saturated rings. The van der Waals surface area contributed by atoms with Crippen LogP contribution in [0.4, 0.5) is 5.69 Å². The zero-order chi connectivity index (χ0) is 11.8. The Bertz CT molecular complexity index is 497. The molecule has 1 aliphatic rings. The molecule has 16 heavy (non-hydrogen) atoms. The van der Waals surface area contributed by atoms with Crippen molar-refractivity contribution in [2.75, 3.05) is 24.4 Å². The lowest BCUT2D eigenvalue weighted by atomic mass is 10.1. The molecule has 4 nitrogen and oxygen atoms in total. The van der Waals surface area contributed by atoms with Crippen molar-refractivity contribution < 1.29 is 8.42 Å². The summed E-state index contributed by atoms with van der Waals surface area (Å²) in [5.41, 5.74) is 7.43. The Labute approximate surface area is 96.0 Å². The number of anilines is 1. The van der Waals surface area contributed by atoms with Gasteiger partial charge in [0.15, 0.2) is 9.84 Å². The predicted octanol–water partition coefficient (Wildman–Crippen LogP) is 0.759. The fourth-order valence-electron chi connectivity index (χ4n) is 1.97. The number of benzene rings is 1. The summed E-state index contributed by atoms with van der Waals surface area (Å²) in [6.45, 7) is 0.422. The van der Waals surface area contributed by atoms with Gasteiger partial charge in [-0.25, -0.2) is 8.42 Å². The van der Waals surface area contributed by atoms with Gasteiger partial charge in [0.2, 0.25) is 0 Å². The number of nitrogens with two attached hydrogens (primary N) is 1. The van der Waals surface area contributed by atoms with E-state index in [1.54, 1.807) is 6.07 Å². The quantitative estimate of drug-likeness (QED) is 0.775. The normalized spacial score (nSPS) is 17.9. The summed E-state index contributed by atoms with van der Waals surface area (Å²) >= 11 is 0. The third-order valence-electron chi connectivity index (χ3n) is 2.95. The lowest BCUT2D eigenvalue weighted by molar-refractivity contribution is 0.586. The highest BCUT2D eigenvalue weighted by atomic mass is 32.2. The summed E-state index contributed by atoms with van der Waals surface area (Å²) in [7, 11) is -1.15. The first kappa shape index (κ1) is 11.4. The Balaban J connectivity index is 2.48. The smallest absolute Gasteiger partial charge is 0.178 e. The topological polar surface area (TPSA) is 63.4 Å². The van der Waals surface area contributed by atoms with Crippen molar-refractivity contribution in [2.24, 2.45) is 5.73 Å². The van der Waals surface area contributed by atoms with E-state index in [1.165, 1.54) is 0 Å². The number of nitrogens with zero attached hydrogens (tertiary/aromatic N) is 1. The minimum atomic E-state index is -3.04. The van der Waals surface area contributed by atoms with Crippen LogP contribution in [0.5, 0.6) is 0 Å². The molecule has 0 radical (unpaired) electrons. The van der Waals surface area contributed by atoms with Crippen molar-refractivity contribution in [2.45, 2.75) is 17.7 Å². The Morgan fingerprint density at radius 3 is 2.88 bits per heavy atom. The van der Waals surface area contributed by atoms with Crippen molar-refractivity contribution in [3.05, 3.63) is 23.8 Å².